The lowest BCUT2D eigenvalue weighted by Crippen LogP contribution is -2.47. The van der Waals surface area contributed by atoms with E-state index in [0.717, 1.165) is 18.0 Å². The zero-order chi connectivity index (χ0) is 15.3. The lowest BCUT2D eigenvalue weighted by atomic mass is 9.85. The van der Waals surface area contributed by atoms with Gasteiger partial charge in [0.05, 0.1) is 5.01 Å². The van der Waals surface area contributed by atoms with Gasteiger partial charge in [-0.1, -0.05) is 13.8 Å². The van der Waals surface area contributed by atoms with Crippen molar-refractivity contribution in [1.29, 1.82) is 0 Å². The third-order valence-electron chi connectivity index (χ3n) is 3.39. The van der Waals surface area contributed by atoms with Gasteiger partial charge in [0, 0.05) is 24.4 Å². The number of thiazole rings is 1. The molecule has 1 amide bonds. The number of rotatable bonds is 7. The van der Waals surface area contributed by atoms with Crippen molar-refractivity contribution in [3.05, 3.63) is 16.1 Å². The molecule has 0 saturated carbocycles. The summed E-state index contributed by atoms with van der Waals surface area (Å²) in [6.45, 7) is 7.80. The Labute approximate surface area is 149 Å². The van der Waals surface area contributed by atoms with E-state index in [9.17, 15) is 4.79 Å². The van der Waals surface area contributed by atoms with E-state index in [1.807, 2.05) is 21.0 Å². The van der Waals surface area contributed by atoms with E-state index in [4.69, 9.17) is 5.73 Å². The molecule has 0 aromatic carbocycles. The number of nitrogens with zero attached hydrogens (tertiary/aromatic N) is 2. The van der Waals surface area contributed by atoms with E-state index in [2.05, 4.69) is 29.0 Å². The molecule has 0 spiro atoms. The zero-order valence-electron chi connectivity index (χ0n) is 13.9. The lowest BCUT2D eigenvalue weighted by molar-refractivity contribution is 0.0881. The monoisotopic (exact) mass is 370 g/mol. The van der Waals surface area contributed by atoms with Crippen LogP contribution in [-0.4, -0.2) is 49.0 Å². The standard InChI is InChI=1S/C14H26N4OS.2ClH/c1-10(14(2,3)9-18(4)5)16-13(19)11-8-20-12(17-11)6-7-15;;/h8,10H,6-7,9,15H2,1-5H3,(H,16,19);2*1H. The minimum atomic E-state index is -0.108. The van der Waals surface area contributed by atoms with E-state index < -0.39 is 0 Å². The Balaban J connectivity index is 0. The van der Waals surface area contributed by atoms with Crippen LogP contribution in [0.5, 0.6) is 0 Å². The number of hydrogen-bond acceptors (Lipinski definition) is 5. The lowest BCUT2D eigenvalue weighted by Gasteiger charge is -2.34. The van der Waals surface area contributed by atoms with Crippen LogP contribution in [-0.2, 0) is 6.42 Å². The predicted molar refractivity (Wildman–Crippen MR) is 98.6 cm³/mol. The van der Waals surface area contributed by atoms with E-state index in [1.165, 1.54) is 11.3 Å². The van der Waals surface area contributed by atoms with Crippen LogP contribution in [0.3, 0.4) is 0 Å². The Morgan fingerprint density at radius 2 is 2.05 bits per heavy atom. The molecule has 8 heteroatoms. The van der Waals surface area contributed by atoms with Crippen LogP contribution in [0.4, 0.5) is 0 Å². The molecule has 22 heavy (non-hydrogen) atoms. The maximum Gasteiger partial charge on any atom is 0.270 e. The van der Waals surface area contributed by atoms with Gasteiger partial charge in [0.2, 0.25) is 0 Å². The fourth-order valence-electron chi connectivity index (χ4n) is 2.07. The molecule has 0 bridgehead atoms. The average molecular weight is 371 g/mol. The maximum absolute atomic E-state index is 12.2. The van der Waals surface area contributed by atoms with Gasteiger partial charge < -0.3 is 16.0 Å². The van der Waals surface area contributed by atoms with Gasteiger partial charge in [-0.3, -0.25) is 4.79 Å². The highest BCUT2D eigenvalue weighted by Gasteiger charge is 2.28. The van der Waals surface area contributed by atoms with Crippen molar-refractivity contribution in [2.45, 2.75) is 33.2 Å². The Bertz CT molecular complexity index is 452. The molecule has 1 aromatic heterocycles. The SMILES string of the molecule is CC(NC(=O)c1csc(CCN)n1)C(C)(C)CN(C)C.Cl.Cl. The third-order valence-corrected chi connectivity index (χ3v) is 4.29. The molecule has 0 aliphatic carbocycles. The normalized spacial score (nSPS) is 12.3. The molecule has 0 radical (unpaired) electrons. The van der Waals surface area contributed by atoms with Gasteiger partial charge in [-0.2, -0.15) is 0 Å². The van der Waals surface area contributed by atoms with E-state index in [0.29, 0.717) is 12.2 Å². The Hall–Kier alpha value is -0.400. The minimum Gasteiger partial charge on any atom is -0.348 e. The van der Waals surface area contributed by atoms with Crippen LogP contribution in [0, 0.1) is 5.41 Å². The van der Waals surface area contributed by atoms with Gasteiger partial charge in [0.15, 0.2) is 0 Å². The molecule has 1 atom stereocenters. The smallest absolute Gasteiger partial charge is 0.270 e. The van der Waals surface area contributed by atoms with Crippen molar-refractivity contribution in [1.82, 2.24) is 15.2 Å². The summed E-state index contributed by atoms with van der Waals surface area (Å²) in [6, 6.07) is 0.0667. The second-order valence-corrected chi connectivity index (χ2v) is 7.03. The molecule has 1 heterocycles. The number of halogens is 2. The summed E-state index contributed by atoms with van der Waals surface area (Å²) in [6.07, 6.45) is 0.722. The minimum absolute atomic E-state index is 0. The molecule has 0 aliphatic heterocycles. The Morgan fingerprint density at radius 3 is 2.55 bits per heavy atom. The summed E-state index contributed by atoms with van der Waals surface area (Å²) in [7, 11) is 4.08. The van der Waals surface area contributed by atoms with Crippen molar-refractivity contribution in [2.24, 2.45) is 11.1 Å². The summed E-state index contributed by atoms with van der Waals surface area (Å²) in [5.74, 6) is -0.108. The van der Waals surface area contributed by atoms with Crippen molar-refractivity contribution in [3.63, 3.8) is 0 Å². The van der Waals surface area contributed by atoms with Crippen LogP contribution in [0.2, 0.25) is 0 Å². The number of nitrogens with two attached hydrogens (primary N) is 1. The molecular weight excluding hydrogens is 343 g/mol. The van der Waals surface area contributed by atoms with Crippen LogP contribution in [0.25, 0.3) is 0 Å². The maximum atomic E-state index is 12.2. The summed E-state index contributed by atoms with van der Waals surface area (Å²) in [5.41, 5.74) is 5.98. The summed E-state index contributed by atoms with van der Waals surface area (Å²) < 4.78 is 0. The van der Waals surface area contributed by atoms with Crippen LogP contribution in [0.15, 0.2) is 5.38 Å². The number of aromatic nitrogens is 1. The highest BCUT2D eigenvalue weighted by molar-refractivity contribution is 7.09. The second-order valence-electron chi connectivity index (χ2n) is 6.09. The topological polar surface area (TPSA) is 71.2 Å². The predicted octanol–water partition coefficient (Wildman–Crippen LogP) is 2.19. The number of hydrogen-bond donors (Lipinski definition) is 2. The van der Waals surface area contributed by atoms with E-state index >= 15 is 0 Å². The fourth-order valence-corrected chi connectivity index (χ4v) is 2.87. The molecule has 0 aliphatic rings. The number of carbonyl (C=O) groups excluding carboxylic acids is 1. The van der Waals surface area contributed by atoms with Gasteiger partial charge in [-0.25, -0.2) is 4.98 Å². The van der Waals surface area contributed by atoms with Crippen LogP contribution in [0.1, 0.15) is 36.3 Å². The van der Waals surface area contributed by atoms with Gasteiger partial charge in [-0.15, -0.1) is 36.2 Å². The van der Waals surface area contributed by atoms with E-state index in [-0.39, 0.29) is 42.2 Å². The highest BCUT2D eigenvalue weighted by Crippen LogP contribution is 2.21. The van der Waals surface area contributed by atoms with Crippen LogP contribution < -0.4 is 11.1 Å². The number of amides is 1. The Morgan fingerprint density at radius 1 is 1.45 bits per heavy atom. The first kappa shape index (κ1) is 23.9. The van der Waals surface area contributed by atoms with Crippen LogP contribution >= 0.6 is 36.2 Å². The van der Waals surface area contributed by atoms with Gasteiger partial charge >= 0.3 is 0 Å². The van der Waals surface area contributed by atoms with Gasteiger partial charge in [0.25, 0.3) is 5.91 Å². The summed E-state index contributed by atoms with van der Waals surface area (Å²) in [4.78, 5) is 18.6. The first-order chi connectivity index (χ1) is 9.26. The molecule has 130 valence electrons. The third kappa shape index (κ3) is 7.24. The molecule has 1 rings (SSSR count). The fraction of sp³-hybridized carbons (Fsp3) is 0.714. The van der Waals surface area contributed by atoms with Crippen molar-refractivity contribution in [2.75, 3.05) is 27.2 Å². The molecule has 0 saturated heterocycles. The molecular formula is C14H28Cl2N4OS. The molecule has 0 fully saturated rings. The van der Waals surface area contributed by atoms with Crippen molar-refractivity contribution in [3.8, 4) is 0 Å². The molecule has 1 unspecified atom stereocenters. The molecule has 3 N–H and O–H groups in total. The van der Waals surface area contributed by atoms with Crippen molar-refractivity contribution < 1.29 is 4.79 Å². The largest absolute Gasteiger partial charge is 0.348 e. The first-order valence-electron chi connectivity index (χ1n) is 6.86. The second kappa shape index (κ2) is 10.4. The number of carbonyl (C=O) groups is 1. The molecule has 1 aromatic rings. The quantitative estimate of drug-likeness (QED) is 0.771. The summed E-state index contributed by atoms with van der Waals surface area (Å²) >= 11 is 1.49. The summed E-state index contributed by atoms with van der Waals surface area (Å²) in [5, 5.41) is 5.76. The van der Waals surface area contributed by atoms with Crippen molar-refractivity contribution >= 4 is 42.1 Å². The Kier molecular flexibility index (Phi) is 11.3. The zero-order valence-corrected chi connectivity index (χ0v) is 16.3. The van der Waals surface area contributed by atoms with Gasteiger partial charge in [0.1, 0.15) is 5.69 Å². The van der Waals surface area contributed by atoms with Gasteiger partial charge in [-0.05, 0) is 33.0 Å². The first-order valence-corrected chi connectivity index (χ1v) is 7.74. The number of nitrogens with one attached hydrogen (secondary N) is 1. The van der Waals surface area contributed by atoms with E-state index in [1.54, 1.807) is 5.38 Å². The highest BCUT2D eigenvalue weighted by atomic mass is 35.5. The molecule has 5 nitrogen and oxygen atoms in total. The average Bonchev–Trinajstić information content (AvgIpc) is 2.76.